The van der Waals surface area contributed by atoms with E-state index in [0.29, 0.717) is 0 Å². The Balaban J connectivity index is 3.12. The fraction of sp³-hybridized carbons (Fsp3) is 0. The van der Waals surface area contributed by atoms with Gasteiger partial charge in [-0.1, -0.05) is 5.21 Å². The van der Waals surface area contributed by atoms with E-state index in [0.717, 1.165) is 9.21 Å². The van der Waals surface area contributed by atoms with E-state index in [1.54, 1.807) is 0 Å². The maximum Gasteiger partial charge on any atom is 0.297 e. The van der Waals surface area contributed by atoms with Gasteiger partial charge >= 0.3 is 0 Å². The van der Waals surface area contributed by atoms with Gasteiger partial charge in [0.05, 0.1) is 5.10 Å². The summed E-state index contributed by atoms with van der Waals surface area (Å²) in [5, 5.41) is 8.94. The fourth-order valence-corrected chi connectivity index (χ4v) is 0.592. The number of halogens is 2. The van der Waals surface area contributed by atoms with Crippen molar-refractivity contribution < 1.29 is 5.10 Å². The summed E-state index contributed by atoms with van der Waals surface area (Å²) in [7, 11) is 0. The lowest BCUT2D eigenvalue weighted by molar-refractivity contribution is -0.467. The molecular formula is C2H2Br2N3+. The van der Waals surface area contributed by atoms with E-state index in [1.807, 2.05) is 0 Å². The molecule has 0 amide bonds. The molecule has 0 aromatic carbocycles. The summed E-state index contributed by atoms with van der Waals surface area (Å²) in [5.74, 6) is 0. The highest BCUT2D eigenvalue weighted by Gasteiger charge is 2.04. The summed E-state index contributed by atoms with van der Waals surface area (Å²) in [6.07, 6.45) is 0. The second-order valence-electron chi connectivity index (χ2n) is 0.953. The second kappa shape index (κ2) is 1.92. The minimum atomic E-state index is 0.757. The summed E-state index contributed by atoms with van der Waals surface area (Å²) < 4.78 is 1.58. The smallest absolute Gasteiger partial charge is 0.162 e. The van der Waals surface area contributed by atoms with Gasteiger partial charge in [-0.3, -0.25) is 0 Å². The van der Waals surface area contributed by atoms with Crippen molar-refractivity contribution in [2.75, 3.05) is 0 Å². The van der Waals surface area contributed by atoms with Crippen molar-refractivity contribution in [2.45, 2.75) is 0 Å². The molecule has 0 aliphatic rings. The maximum atomic E-state index is 3.71. The first-order chi connectivity index (χ1) is 3.30. The van der Waals surface area contributed by atoms with Gasteiger partial charge in [0.2, 0.25) is 4.60 Å². The van der Waals surface area contributed by atoms with Crippen LogP contribution < -0.4 is 5.10 Å². The molecule has 7 heavy (non-hydrogen) atoms. The summed E-state index contributed by atoms with van der Waals surface area (Å²) in [4.78, 5) is 0. The summed E-state index contributed by atoms with van der Waals surface area (Å²) >= 11 is 6.31. The van der Waals surface area contributed by atoms with Gasteiger partial charge in [-0.05, 0) is 0 Å². The standard InChI is InChI=1S/C2HBr2N3/c3-1-2(4)6-7-5-1/h(H,5,6,7)/p+1. The molecule has 1 rings (SSSR count). The molecule has 3 nitrogen and oxygen atoms in total. The Bertz CT molecular complexity index is 143. The van der Waals surface area contributed by atoms with Crippen molar-refractivity contribution in [1.82, 2.24) is 10.3 Å². The summed E-state index contributed by atoms with van der Waals surface area (Å²) in [6.45, 7) is 0. The fourth-order valence-electron chi connectivity index (χ4n) is 0.227. The van der Waals surface area contributed by atoms with Crippen LogP contribution in [0.4, 0.5) is 0 Å². The molecule has 0 aliphatic carbocycles. The molecule has 0 spiro atoms. The van der Waals surface area contributed by atoms with Crippen LogP contribution in [0.15, 0.2) is 9.21 Å². The minimum Gasteiger partial charge on any atom is -0.162 e. The van der Waals surface area contributed by atoms with E-state index in [1.165, 1.54) is 0 Å². The van der Waals surface area contributed by atoms with Crippen molar-refractivity contribution in [3.05, 3.63) is 9.21 Å². The summed E-state index contributed by atoms with van der Waals surface area (Å²) in [5.41, 5.74) is 0. The lowest BCUT2D eigenvalue weighted by Gasteiger charge is -1.61. The molecule has 0 aliphatic heterocycles. The molecule has 1 aromatic rings. The molecule has 0 radical (unpaired) electrons. The van der Waals surface area contributed by atoms with Crippen LogP contribution >= 0.6 is 31.9 Å². The third kappa shape index (κ3) is 1.01. The quantitative estimate of drug-likeness (QED) is 0.699. The van der Waals surface area contributed by atoms with Gasteiger partial charge in [0, 0.05) is 31.9 Å². The third-order valence-corrected chi connectivity index (χ3v) is 2.18. The predicted octanol–water partition coefficient (Wildman–Crippen LogP) is 0.749. The molecule has 0 atom stereocenters. The molecule has 1 heterocycles. The average Bonchev–Trinajstić information content (AvgIpc) is 1.91. The number of hydrogen-bond donors (Lipinski definition) is 1. The van der Waals surface area contributed by atoms with Crippen LogP contribution in [0.5, 0.6) is 0 Å². The topological polar surface area (TPSA) is 42.8 Å². The highest BCUT2D eigenvalue weighted by atomic mass is 79.9. The van der Waals surface area contributed by atoms with E-state index in [2.05, 4.69) is 47.3 Å². The first-order valence-electron chi connectivity index (χ1n) is 1.58. The molecule has 38 valence electrons. The molecule has 2 N–H and O–H groups in total. The Labute approximate surface area is 56.8 Å². The van der Waals surface area contributed by atoms with Crippen molar-refractivity contribution in [2.24, 2.45) is 0 Å². The Kier molecular flexibility index (Phi) is 1.43. The Morgan fingerprint density at radius 2 is 2.29 bits per heavy atom. The molecule has 0 fully saturated rings. The molecule has 0 saturated carbocycles. The second-order valence-corrected chi connectivity index (χ2v) is 2.50. The lowest BCUT2D eigenvalue weighted by atomic mass is 11.0. The monoisotopic (exact) mass is 226 g/mol. The Hall–Kier alpha value is 0.1000. The van der Waals surface area contributed by atoms with Crippen molar-refractivity contribution in [3.8, 4) is 0 Å². The van der Waals surface area contributed by atoms with E-state index < -0.39 is 0 Å². The van der Waals surface area contributed by atoms with Crippen molar-refractivity contribution in [1.29, 1.82) is 0 Å². The van der Waals surface area contributed by atoms with Gasteiger partial charge in [-0.25, -0.2) is 0 Å². The maximum absolute atomic E-state index is 3.71. The zero-order chi connectivity index (χ0) is 5.28. The molecule has 1 aromatic heterocycles. The third-order valence-electron chi connectivity index (χ3n) is 0.501. The molecule has 5 heteroatoms. The number of aromatic nitrogens is 3. The first-order valence-corrected chi connectivity index (χ1v) is 3.16. The van der Waals surface area contributed by atoms with Crippen molar-refractivity contribution in [3.63, 3.8) is 0 Å². The number of rotatable bonds is 0. The van der Waals surface area contributed by atoms with Gasteiger partial charge in [-0.2, -0.15) is 5.10 Å². The predicted molar refractivity (Wildman–Crippen MR) is 30.5 cm³/mol. The zero-order valence-corrected chi connectivity index (χ0v) is 6.38. The van der Waals surface area contributed by atoms with E-state index >= 15 is 0 Å². The van der Waals surface area contributed by atoms with Crippen LogP contribution in [-0.4, -0.2) is 10.3 Å². The normalized spacial score (nSPS) is 9.43. The van der Waals surface area contributed by atoms with Gasteiger partial charge in [-0.15, -0.1) is 0 Å². The van der Waals surface area contributed by atoms with E-state index in [-0.39, 0.29) is 0 Å². The van der Waals surface area contributed by atoms with Crippen LogP contribution in [0.3, 0.4) is 0 Å². The SMILES string of the molecule is Brc1n[nH][nH+]c1Br. The van der Waals surface area contributed by atoms with Gasteiger partial charge in [0.25, 0.3) is 4.60 Å². The van der Waals surface area contributed by atoms with E-state index in [4.69, 9.17) is 0 Å². The molecule has 0 saturated heterocycles. The number of hydrogen-bond acceptors (Lipinski definition) is 1. The van der Waals surface area contributed by atoms with Gasteiger partial charge in [0.1, 0.15) is 0 Å². The first kappa shape index (κ1) is 5.24. The van der Waals surface area contributed by atoms with Crippen LogP contribution in [-0.2, 0) is 0 Å². The molecule has 0 bridgehead atoms. The van der Waals surface area contributed by atoms with Crippen molar-refractivity contribution >= 4 is 31.9 Å². The zero-order valence-electron chi connectivity index (χ0n) is 3.20. The van der Waals surface area contributed by atoms with Crippen LogP contribution in [0.1, 0.15) is 0 Å². The number of aromatic amines is 2. The minimum absolute atomic E-state index is 0.757. The highest BCUT2D eigenvalue weighted by molar-refractivity contribution is 9.13. The Morgan fingerprint density at radius 1 is 1.57 bits per heavy atom. The number of nitrogens with one attached hydrogen (secondary N) is 2. The Morgan fingerprint density at radius 3 is 2.43 bits per heavy atom. The molecular weight excluding hydrogens is 226 g/mol. The average molecular weight is 228 g/mol. The lowest BCUT2D eigenvalue weighted by Crippen LogP contribution is -2.01. The van der Waals surface area contributed by atoms with E-state index in [9.17, 15) is 0 Å². The van der Waals surface area contributed by atoms with Gasteiger partial charge in [0.15, 0.2) is 0 Å². The van der Waals surface area contributed by atoms with Crippen LogP contribution in [0, 0.1) is 0 Å². The number of nitrogens with zero attached hydrogens (tertiary/aromatic N) is 1. The largest absolute Gasteiger partial charge is 0.297 e. The highest BCUT2D eigenvalue weighted by Crippen LogP contribution is 2.11. The van der Waals surface area contributed by atoms with Gasteiger partial charge < -0.3 is 0 Å². The summed E-state index contributed by atoms with van der Waals surface area (Å²) in [6, 6.07) is 0. The molecule has 0 unspecified atom stereocenters. The van der Waals surface area contributed by atoms with Crippen LogP contribution in [0.25, 0.3) is 0 Å². The number of H-pyrrole nitrogens is 2. The van der Waals surface area contributed by atoms with Crippen LogP contribution in [0.2, 0.25) is 0 Å².